The first-order valence-corrected chi connectivity index (χ1v) is 6.92. The van der Waals surface area contributed by atoms with Crippen LogP contribution < -0.4 is 4.74 Å². The second-order valence-corrected chi connectivity index (χ2v) is 5.10. The summed E-state index contributed by atoms with van der Waals surface area (Å²) < 4.78 is 7.93. The highest BCUT2D eigenvalue weighted by Gasteiger charge is 2.09. The summed E-state index contributed by atoms with van der Waals surface area (Å²) in [6.45, 7) is 9.48. The maximum atomic E-state index is 9.20. The lowest BCUT2D eigenvalue weighted by Crippen LogP contribution is -2.07. The first-order valence-electron chi connectivity index (χ1n) is 6.92. The molecule has 1 heterocycles. The summed E-state index contributed by atoms with van der Waals surface area (Å²) in [5.41, 5.74) is 5.10. The zero-order chi connectivity index (χ0) is 14.7. The molecular weight excluding hydrogens is 252 g/mol. The molecule has 0 fully saturated rings. The van der Waals surface area contributed by atoms with Crippen LogP contribution in [0.15, 0.2) is 18.2 Å². The molecule has 20 heavy (non-hydrogen) atoms. The van der Waals surface area contributed by atoms with Gasteiger partial charge in [0.25, 0.3) is 0 Å². The fraction of sp³-hybridized carbons (Fsp3) is 0.438. The molecule has 0 amide bonds. The smallest absolute Gasteiger partial charge is 0.130 e. The Hall–Kier alpha value is -1.81. The average molecular weight is 274 g/mol. The molecule has 0 radical (unpaired) electrons. The number of rotatable bonds is 5. The van der Waals surface area contributed by atoms with Gasteiger partial charge in [-0.25, -0.2) is 0 Å². The van der Waals surface area contributed by atoms with Crippen LogP contribution >= 0.6 is 0 Å². The van der Waals surface area contributed by atoms with E-state index in [-0.39, 0.29) is 6.61 Å². The van der Waals surface area contributed by atoms with Crippen molar-refractivity contribution >= 4 is 0 Å². The molecule has 0 spiro atoms. The largest absolute Gasteiger partial charge is 0.487 e. The Morgan fingerprint density at radius 3 is 2.35 bits per heavy atom. The minimum Gasteiger partial charge on any atom is -0.487 e. The van der Waals surface area contributed by atoms with Crippen LogP contribution in [0, 0.1) is 20.8 Å². The Balaban J connectivity index is 2.18. The van der Waals surface area contributed by atoms with Crippen LogP contribution in [-0.2, 0) is 19.8 Å². The van der Waals surface area contributed by atoms with Gasteiger partial charge in [-0.15, -0.1) is 0 Å². The van der Waals surface area contributed by atoms with Crippen LogP contribution in [0.25, 0.3) is 0 Å². The molecule has 0 saturated carbocycles. The Morgan fingerprint density at radius 2 is 1.80 bits per heavy atom. The maximum absolute atomic E-state index is 9.20. The van der Waals surface area contributed by atoms with Gasteiger partial charge in [0.2, 0.25) is 0 Å². The van der Waals surface area contributed by atoms with Crippen LogP contribution in [0.3, 0.4) is 0 Å². The molecule has 0 aliphatic carbocycles. The lowest BCUT2D eigenvalue weighted by Gasteiger charge is -2.14. The van der Waals surface area contributed by atoms with Crippen molar-refractivity contribution < 1.29 is 9.84 Å². The quantitative estimate of drug-likeness (QED) is 0.912. The van der Waals surface area contributed by atoms with Crippen LogP contribution in [0.1, 0.15) is 35.0 Å². The molecule has 0 saturated heterocycles. The summed E-state index contributed by atoms with van der Waals surface area (Å²) in [4.78, 5) is 0. The van der Waals surface area contributed by atoms with Gasteiger partial charge in [-0.1, -0.05) is 12.1 Å². The summed E-state index contributed by atoms with van der Waals surface area (Å²) >= 11 is 0. The van der Waals surface area contributed by atoms with E-state index < -0.39 is 0 Å². The number of aryl methyl sites for hydroxylation is 4. The highest BCUT2D eigenvalue weighted by Crippen LogP contribution is 2.26. The molecule has 0 aliphatic rings. The molecule has 0 atom stereocenters. The summed E-state index contributed by atoms with van der Waals surface area (Å²) in [5, 5.41) is 13.6. The van der Waals surface area contributed by atoms with Gasteiger partial charge in [0, 0.05) is 6.54 Å². The minimum absolute atomic E-state index is 0.0593. The van der Waals surface area contributed by atoms with Crippen molar-refractivity contribution in [3.63, 3.8) is 0 Å². The van der Waals surface area contributed by atoms with E-state index in [9.17, 15) is 5.11 Å². The lowest BCUT2D eigenvalue weighted by molar-refractivity contribution is 0.278. The Labute approximate surface area is 120 Å². The summed E-state index contributed by atoms with van der Waals surface area (Å²) in [7, 11) is 0. The van der Waals surface area contributed by atoms with E-state index in [1.165, 1.54) is 0 Å². The first-order chi connectivity index (χ1) is 9.55. The molecule has 0 bridgehead atoms. The second-order valence-electron chi connectivity index (χ2n) is 5.10. The lowest BCUT2D eigenvalue weighted by atomic mass is 10.1. The standard InChI is InChI=1S/C16H22N2O2/c1-5-18-15(8-13(4)17-18)10-20-16-11(2)6-14(9-19)7-12(16)3/h6-8,19H,5,9-10H2,1-4H3. The van der Waals surface area contributed by atoms with Crippen LogP contribution in [0.5, 0.6) is 5.75 Å². The number of aliphatic hydroxyl groups is 1. The third-order valence-electron chi connectivity index (χ3n) is 3.35. The van der Waals surface area contributed by atoms with Crippen molar-refractivity contribution in [3.8, 4) is 5.75 Å². The number of hydrogen-bond donors (Lipinski definition) is 1. The predicted molar refractivity (Wildman–Crippen MR) is 78.8 cm³/mol. The molecule has 1 aromatic carbocycles. The van der Waals surface area contributed by atoms with Gasteiger partial charge in [-0.3, -0.25) is 4.68 Å². The highest BCUT2D eigenvalue weighted by atomic mass is 16.5. The zero-order valence-electron chi connectivity index (χ0n) is 12.6. The first kappa shape index (κ1) is 14.6. The normalized spacial score (nSPS) is 10.8. The van der Waals surface area contributed by atoms with E-state index in [2.05, 4.69) is 18.1 Å². The molecule has 1 aromatic heterocycles. The van der Waals surface area contributed by atoms with E-state index in [0.29, 0.717) is 6.61 Å². The minimum atomic E-state index is 0.0593. The molecule has 108 valence electrons. The summed E-state index contributed by atoms with van der Waals surface area (Å²) in [6, 6.07) is 5.98. The Bertz CT molecular complexity index is 580. The molecular formula is C16H22N2O2. The number of hydrogen-bond acceptors (Lipinski definition) is 3. The van der Waals surface area contributed by atoms with Crippen molar-refractivity contribution in [2.45, 2.75) is 47.5 Å². The summed E-state index contributed by atoms with van der Waals surface area (Å²) in [6.07, 6.45) is 0. The third-order valence-corrected chi connectivity index (χ3v) is 3.35. The average Bonchev–Trinajstić information content (AvgIpc) is 2.77. The van der Waals surface area contributed by atoms with Gasteiger partial charge in [-0.2, -0.15) is 5.10 Å². The monoisotopic (exact) mass is 274 g/mol. The van der Waals surface area contributed by atoms with Gasteiger partial charge >= 0.3 is 0 Å². The molecule has 2 rings (SSSR count). The highest BCUT2D eigenvalue weighted by molar-refractivity contribution is 5.43. The van der Waals surface area contributed by atoms with E-state index in [1.807, 2.05) is 37.6 Å². The fourth-order valence-electron chi connectivity index (χ4n) is 2.49. The molecule has 0 unspecified atom stereocenters. The Kier molecular flexibility index (Phi) is 4.45. The van der Waals surface area contributed by atoms with Gasteiger partial charge in [0.1, 0.15) is 12.4 Å². The predicted octanol–water partition coefficient (Wildman–Crippen LogP) is 2.90. The van der Waals surface area contributed by atoms with Crippen molar-refractivity contribution in [1.82, 2.24) is 9.78 Å². The molecule has 4 nitrogen and oxygen atoms in total. The van der Waals surface area contributed by atoms with Crippen molar-refractivity contribution in [3.05, 3.63) is 46.3 Å². The molecule has 1 N–H and O–H groups in total. The number of benzene rings is 1. The van der Waals surface area contributed by atoms with Gasteiger partial charge in [0.05, 0.1) is 18.0 Å². The molecule has 4 heteroatoms. The SMILES string of the molecule is CCn1nc(C)cc1COc1c(C)cc(CO)cc1C. The second kappa shape index (κ2) is 6.09. The van der Waals surface area contributed by atoms with E-state index in [4.69, 9.17) is 4.74 Å². The van der Waals surface area contributed by atoms with Crippen LogP contribution in [-0.4, -0.2) is 14.9 Å². The zero-order valence-corrected chi connectivity index (χ0v) is 12.6. The van der Waals surface area contributed by atoms with Crippen molar-refractivity contribution in [1.29, 1.82) is 0 Å². The summed E-state index contributed by atoms with van der Waals surface area (Å²) in [5.74, 6) is 0.892. The fourth-order valence-corrected chi connectivity index (χ4v) is 2.49. The van der Waals surface area contributed by atoms with Crippen molar-refractivity contribution in [2.24, 2.45) is 0 Å². The van der Waals surface area contributed by atoms with E-state index in [1.54, 1.807) is 0 Å². The topological polar surface area (TPSA) is 47.3 Å². The number of ether oxygens (including phenoxy) is 1. The van der Waals surface area contributed by atoms with Crippen molar-refractivity contribution in [2.75, 3.05) is 0 Å². The van der Waals surface area contributed by atoms with Gasteiger partial charge in [-0.05, 0) is 50.5 Å². The number of aromatic nitrogens is 2. The van der Waals surface area contributed by atoms with E-state index >= 15 is 0 Å². The Morgan fingerprint density at radius 1 is 1.15 bits per heavy atom. The molecule has 0 aliphatic heterocycles. The van der Waals surface area contributed by atoms with E-state index in [0.717, 1.165) is 40.4 Å². The molecule has 2 aromatic rings. The number of nitrogens with zero attached hydrogens (tertiary/aromatic N) is 2. The maximum Gasteiger partial charge on any atom is 0.130 e. The van der Waals surface area contributed by atoms with Crippen LogP contribution in [0.4, 0.5) is 0 Å². The number of aliphatic hydroxyl groups excluding tert-OH is 1. The third kappa shape index (κ3) is 3.02. The van der Waals surface area contributed by atoms with Crippen LogP contribution in [0.2, 0.25) is 0 Å². The van der Waals surface area contributed by atoms with Gasteiger partial charge < -0.3 is 9.84 Å². The van der Waals surface area contributed by atoms with Gasteiger partial charge in [0.15, 0.2) is 0 Å².